The molecule has 2 fully saturated rings. The number of piperidine rings is 1. The Balaban J connectivity index is 1.43. The van der Waals surface area contributed by atoms with E-state index in [-0.39, 0.29) is 0 Å². The number of hydrogen-bond acceptors (Lipinski definition) is 6. The Morgan fingerprint density at radius 2 is 1.85 bits per heavy atom. The number of nitrogens with zero attached hydrogens (tertiary/aromatic N) is 7. The zero-order valence-corrected chi connectivity index (χ0v) is 15.9. The Labute approximate surface area is 155 Å². The van der Waals surface area contributed by atoms with Gasteiger partial charge in [-0.2, -0.15) is 0 Å². The summed E-state index contributed by atoms with van der Waals surface area (Å²) in [5, 5.41) is 9.16. The van der Waals surface area contributed by atoms with Crippen molar-refractivity contribution in [1.82, 2.24) is 29.6 Å². The number of anilines is 1. The third-order valence-corrected chi connectivity index (χ3v) is 5.68. The summed E-state index contributed by atoms with van der Waals surface area (Å²) in [6, 6.07) is 2.01. The van der Waals surface area contributed by atoms with Crippen LogP contribution in [-0.2, 0) is 13.1 Å². The minimum Gasteiger partial charge on any atom is -0.356 e. The zero-order valence-electron chi connectivity index (χ0n) is 15.9. The van der Waals surface area contributed by atoms with Crippen LogP contribution in [0.3, 0.4) is 0 Å². The SMILES string of the molecule is CCn1c(CN2CCCC2)nnc1C1CCN(c2ccnc(C)n2)CC1. The monoisotopic (exact) mass is 355 g/mol. The third kappa shape index (κ3) is 3.58. The normalized spacial score (nSPS) is 19.4. The van der Waals surface area contributed by atoms with Gasteiger partial charge in [0.05, 0.1) is 6.54 Å². The highest BCUT2D eigenvalue weighted by molar-refractivity contribution is 5.38. The van der Waals surface area contributed by atoms with E-state index in [0.717, 1.165) is 56.5 Å². The average molecular weight is 355 g/mol. The number of aromatic nitrogens is 5. The molecule has 0 radical (unpaired) electrons. The van der Waals surface area contributed by atoms with E-state index < -0.39 is 0 Å². The van der Waals surface area contributed by atoms with Gasteiger partial charge in [-0.25, -0.2) is 9.97 Å². The van der Waals surface area contributed by atoms with Gasteiger partial charge in [0.2, 0.25) is 0 Å². The molecular formula is C19H29N7. The first-order valence-electron chi connectivity index (χ1n) is 9.93. The lowest BCUT2D eigenvalue weighted by atomic mass is 9.96. The second-order valence-electron chi connectivity index (χ2n) is 7.43. The molecule has 0 spiro atoms. The standard InChI is InChI=1S/C19H29N7/c1-3-26-18(14-24-10-4-5-11-24)22-23-19(26)16-7-12-25(13-8-16)17-6-9-20-15(2)21-17/h6,9,16H,3-5,7-8,10-14H2,1-2H3. The van der Waals surface area contributed by atoms with Gasteiger partial charge in [0.25, 0.3) is 0 Å². The molecule has 2 saturated heterocycles. The molecule has 4 heterocycles. The molecule has 0 unspecified atom stereocenters. The van der Waals surface area contributed by atoms with Crippen LogP contribution < -0.4 is 4.90 Å². The van der Waals surface area contributed by atoms with Crippen molar-refractivity contribution in [2.75, 3.05) is 31.1 Å². The molecule has 2 aromatic rings. The molecule has 0 saturated carbocycles. The predicted octanol–water partition coefficient (Wildman–Crippen LogP) is 2.38. The summed E-state index contributed by atoms with van der Waals surface area (Å²) in [6.45, 7) is 10.5. The van der Waals surface area contributed by atoms with Crippen molar-refractivity contribution in [3.05, 3.63) is 29.7 Å². The Kier molecular flexibility index (Phi) is 5.15. The van der Waals surface area contributed by atoms with Crippen LogP contribution in [0.15, 0.2) is 12.3 Å². The molecule has 0 N–H and O–H groups in total. The molecule has 140 valence electrons. The van der Waals surface area contributed by atoms with Gasteiger partial charge in [-0.05, 0) is 58.7 Å². The van der Waals surface area contributed by atoms with Crippen LogP contribution in [0.1, 0.15) is 56.0 Å². The number of rotatable bonds is 5. The van der Waals surface area contributed by atoms with Crippen LogP contribution >= 0.6 is 0 Å². The number of likely N-dealkylation sites (tertiary alicyclic amines) is 1. The fourth-order valence-corrected chi connectivity index (χ4v) is 4.24. The highest BCUT2D eigenvalue weighted by Gasteiger charge is 2.27. The summed E-state index contributed by atoms with van der Waals surface area (Å²) < 4.78 is 2.35. The minimum atomic E-state index is 0.494. The number of hydrogen-bond donors (Lipinski definition) is 0. The van der Waals surface area contributed by atoms with E-state index in [4.69, 9.17) is 0 Å². The lowest BCUT2D eigenvalue weighted by Crippen LogP contribution is -2.34. The van der Waals surface area contributed by atoms with Gasteiger partial charge in [0.1, 0.15) is 23.3 Å². The lowest BCUT2D eigenvalue weighted by molar-refractivity contribution is 0.315. The van der Waals surface area contributed by atoms with Crippen molar-refractivity contribution >= 4 is 5.82 Å². The van der Waals surface area contributed by atoms with Crippen molar-refractivity contribution in [2.24, 2.45) is 0 Å². The summed E-state index contributed by atoms with van der Waals surface area (Å²) >= 11 is 0. The van der Waals surface area contributed by atoms with Gasteiger partial charge < -0.3 is 9.47 Å². The van der Waals surface area contributed by atoms with Gasteiger partial charge in [0, 0.05) is 31.7 Å². The van der Waals surface area contributed by atoms with E-state index in [1.54, 1.807) is 0 Å². The number of aryl methyl sites for hydroxylation is 1. The van der Waals surface area contributed by atoms with Crippen LogP contribution in [0, 0.1) is 6.92 Å². The second-order valence-corrected chi connectivity index (χ2v) is 7.43. The molecular weight excluding hydrogens is 326 g/mol. The summed E-state index contributed by atoms with van der Waals surface area (Å²) in [5.41, 5.74) is 0. The van der Waals surface area contributed by atoms with Gasteiger partial charge in [-0.1, -0.05) is 0 Å². The molecule has 0 amide bonds. The molecule has 4 rings (SSSR count). The predicted molar refractivity (Wildman–Crippen MR) is 101 cm³/mol. The highest BCUT2D eigenvalue weighted by Crippen LogP contribution is 2.29. The molecule has 2 aliphatic rings. The van der Waals surface area contributed by atoms with Crippen LogP contribution in [0.2, 0.25) is 0 Å². The molecule has 26 heavy (non-hydrogen) atoms. The van der Waals surface area contributed by atoms with Crippen molar-refractivity contribution in [2.45, 2.75) is 58.5 Å². The molecule has 0 atom stereocenters. The average Bonchev–Trinajstić information content (AvgIpc) is 3.32. The van der Waals surface area contributed by atoms with E-state index in [2.05, 4.69) is 41.5 Å². The molecule has 7 heteroatoms. The Morgan fingerprint density at radius 1 is 1.08 bits per heavy atom. The quantitative estimate of drug-likeness (QED) is 0.820. The minimum absolute atomic E-state index is 0.494. The largest absolute Gasteiger partial charge is 0.356 e. The maximum absolute atomic E-state index is 4.61. The zero-order chi connectivity index (χ0) is 17.9. The van der Waals surface area contributed by atoms with Crippen LogP contribution in [0.5, 0.6) is 0 Å². The van der Waals surface area contributed by atoms with Crippen molar-refractivity contribution in [3.63, 3.8) is 0 Å². The molecule has 0 aromatic carbocycles. The van der Waals surface area contributed by atoms with Gasteiger partial charge in [-0.15, -0.1) is 10.2 Å². The van der Waals surface area contributed by atoms with E-state index in [0.29, 0.717) is 5.92 Å². The van der Waals surface area contributed by atoms with E-state index >= 15 is 0 Å². The lowest BCUT2D eigenvalue weighted by Gasteiger charge is -2.32. The Bertz CT molecular complexity index is 727. The molecule has 0 aliphatic carbocycles. The van der Waals surface area contributed by atoms with E-state index in [1.165, 1.54) is 31.8 Å². The summed E-state index contributed by atoms with van der Waals surface area (Å²) in [4.78, 5) is 13.6. The van der Waals surface area contributed by atoms with Crippen LogP contribution in [-0.4, -0.2) is 55.8 Å². The van der Waals surface area contributed by atoms with E-state index in [9.17, 15) is 0 Å². The van der Waals surface area contributed by atoms with E-state index in [1.807, 2.05) is 19.2 Å². The van der Waals surface area contributed by atoms with Crippen molar-refractivity contribution < 1.29 is 0 Å². The Hall–Kier alpha value is -2.02. The second kappa shape index (κ2) is 7.70. The van der Waals surface area contributed by atoms with Gasteiger partial charge in [-0.3, -0.25) is 4.90 Å². The first-order valence-corrected chi connectivity index (χ1v) is 9.93. The summed E-state index contributed by atoms with van der Waals surface area (Å²) in [7, 11) is 0. The Morgan fingerprint density at radius 3 is 2.54 bits per heavy atom. The molecule has 2 aliphatic heterocycles. The maximum atomic E-state index is 4.61. The molecule has 2 aromatic heterocycles. The van der Waals surface area contributed by atoms with Crippen molar-refractivity contribution in [1.29, 1.82) is 0 Å². The topological polar surface area (TPSA) is 63.0 Å². The highest BCUT2D eigenvalue weighted by atomic mass is 15.3. The molecule has 0 bridgehead atoms. The van der Waals surface area contributed by atoms with Crippen LogP contribution in [0.25, 0.3) is 0 Å². The summed E-state index contributed by atoms with van der Waals surface area (Å²) in [5.74, 6) is 4.69. The fraction of sp³-hybridized carbons (Fsp3) is 0.684. The molecule has 7 nitrogen and oxygen atoms in total. The fourth-order valence-electron chi connectivity index (χ4n) is 4.24. The third-order valence-electron chi connectivity index (χ3n) is 5.68. The first-order chi connectivity index (χ1) is 12.7. The van der Waals surface area contributed by atoms with Gasteiger partial charge >= 0.3 is 0 Å². The van der Waals surface area contributed by atoms with Crippen LogP contribution in [0.4, 0.5) is 5.82 Å². The van der Waals surface area contributed by atoms with Crippen molar-refractivity contribution in [3.8, 4) is 0 Å². The maximum Gasteiger partial charge on any atom is 0.147 e. The van der Waals surface area contributed by atoms with Gasteiger partial charge in [0.15, 0.2) is 0 Å². The smallest absolute Gasteiger partial charge is 0.147 e. The first kappa shape index (κ1) is 17.4. The summed E-state index contributed by atoms with van der Waals surface area (Å²) in [6.07, 6.45) is 6.68.